The molecule has 4 heteroatoms. The van der Waals surface area contributed by atoms with Crippen molar-refractivity contribution in [3.8, 4) is 0 Å². The van der Waals surface area contributed by atoms with Crippen LogP contribution < -0.4 is 5.32 Å². The average Bonchev–Trinajstić information content (AvgIpc) is 2.78. The molecule has 0 saturated heterocycles. The number of nitrogens with one attached hydrogen (secondary N) is 1. The van der Waals surface area contributed by atoms with Gasteiger partial charge >= 0.3 is 6.09 Å². The van der Waals surface area contributed by atoms with Gasteiger partial charge in [-0.05, 0) is 83.3 Å². The van der Waals surface area contributed by atoms with E-state index in [0.717, 1.165) is 25.9 Å². The third-order valence-electron chi connectivity index (χ3n) is 6.98. The normalized spacial score (nSPS) is 20.8. The van der Waals surface area contributed by atoms with Crippen LogP contribution in [0.1, 0.15) is 71.4 Å². The Morgan fingerprint density at radius 3 is 1.79 bits per heavy atom. The summed E-state index contributed by atoms with van der Waals surface area (Å²) in [6.07, 6.45) is 4.40. The number of carbonyl (C=O) groups is 1. The van der Waals surface area contributed by atoms with Crippen LogP contribution in [0.4, 0.5) is 4.79 Å². The molecule has 33 heavy (non-hydrogen) atoms. The molecule has 0 radical (unpaired) electrons. The van der Waals surface area contributed by atoms with Gasteiger partial charge < -0.3 is 10.1 Å². The molecule has 4 nitrogen and oxygen atoms in total. The molecule has 2 aromatic rings. The maximum Gasteiger partial charge on any atom is 0.407 e. The third-order valence-corrected chi connectivity index (χ3v) is 6.98. The van der Waals surface area contributed by atoms with Crippen molar-refractivity contribution in [2.45, 2.75) is 91.1 Å². The highest BCUT2D eigenvalue weighted by Gasteiger charge is 2.31. The Morgan fingerprint density at radius 2 is 1.33 bits per heavy atom. The summed E-state index contributed by atoms with van der Waals surface area (Å²) in [4.78, 5) is 14.8. The predicted molar refractivity (Wildman–Crippen MR) is 136 cm³/mol. The van der Waals surface area contributed by atoms with Crippen molar-refractivity contribution in [1.29, 1.82) is 0 Å². The number of rotatable bonds is 8. The topological polar surface area (TPSA) is 41.6 Å². The summed E-state index contributed by atoms with van der Waals surface area (Å²) in [7, 11) is 0. The first kappa shape index (κ1) is 25.3. The van der Waals surface area contributed by atoms with E-state index >= 15 is 0 Å². The van der Waals surface area contributed by atoms with Gasteiger partial charge in [-0.25, -0.2) is 4.79 Å². The Balaban J connectivity index is 1.58. The minimum atomic E-state index is -0.460. The predicted octanol–water partition coefficient (Wildman–Crippen LogP) is 6.80. The first-order valence-corrected chi connectivity index (χ1v) is 12.5. The molecule has 0 bridgehead atoms. The Labute approximate surface area is 200 Å². The Bertz CT molecular complexity index is 797. The lowest BCUT2D eigenvalue weighted by Crippen LogP contribution is -2.44. The number of amides is 1. The molecule has 1 aliphatic rings. The van der Waals surface area contributed by atoms with Crippen molar-refractivity contribution < 1.29 is 9.53 Å². The fraction of sp³-hybridized carbons (Fsp3) is 0.552. The minimum absolute atomic E-state index is 0.140. The monoisotopic (exact) mass is 450 g/mol. The number of benzene rings is 2. The molecule has 1 amide bonds. The van der Waals surface area contributed by atoms with Crippen LogP contribution in [0.15, 0.2) is 60.7 Å². The van der Waals surface area contributed by atoms with Gasteiger partial charge in [0.1, 0.15) is 5.60 Å². The highest BCUT2D eigenvalue weighted by Crippen LogP contribution is 2.35. The summed E-state index contributed by atoms with van der Waals surface area (Å²) in [5.74, 6) is 1.18. The van der Waals surface area contributed by atoms with Gasteiger partial charge in [-0.1, -0.05) is 60.7 Å². The van der Waals surface area contributed by atoms with E-state index in [4.69, 9.17) is 4.74 Å². The Kier molecular flexibility index (Phi) is 8.96. The molecule has 1 saturated carbocycles. The summed E-state index contributed by atoms with van der Waals surface area (Å²) >= 11 is 0. The molecule has 0 aliphatic heterocycles. The van der Waals surface area contributed by atoms with Gasteiger partial charge in [-0.15, -0.1) is 0 Å². The van der Waals surface area contributed by atoms with E-state index in [1.54, 1.807) is 0 Å². The zero-order chi connectivity index (χ0) is 23.8. The van der Waals surface area contributed by atoms with Crippen LogP contribution in [-0.4, -0.2) is 28.7 Å². The number of carbonyl (C=O) groups excluding carboxylic acids is 1. The van der Waals surface area contributed by atoms with Crippen LogP contribution >= 0.6 is 0 Å². The zero-order valence-electron chi connectivity index (χ0n) is 21.1. The van der Waals surface area contributed by atoms with E-state index in [-0.39, 0.29) is 12.1 Å². The summed E-state index contributed by atoms with van der Waals surface area (Å²) < 4.78 is 5.45. The van der Waals surface area contributed by atoms with Crippen LogP contribution in [0.3, 0.4) is 0 Å². The number of ether oxygens (including phenoxy) is 1. The summed E-state index contributed by atoms with van der Waals surface area (Å²) in [5, 5.41) is 3.07. The molecular formula is C29H42N2O2. The van der Waals surface area contributed by atoms with E-state index < -0.39 is 5.60 Å². The maximum absolute atomic E-state index is 12.2. The van der Waals surface area contributed by atoms with Crippen LogP contribution in [0.2, 0.25) is 0 Å². The zero-order valence-corrected chi connectivity index (χ0v) is 21.1. The molecule has 0 spiro atoms. The molecule has 1 N–H and O–H groups in total. The number of alkyl carbamates (subject to hydrolysis) is 1. The van der Waals surface area contributed by atoms with E-state index in [9.17, 15) is 4.79 Å². The van der Waals surface area contributed by atoms with Crippen LogP contribution in [0.25, 0.3) is 0 Å². The summed E-state index contributed by atoms with van der Waals surface area (Å²) in [6.45, 7) is 12.2. The van der Waals surface area contributed by atoms with Gasteiger partial charge in [0, 0.05) is 25.2 Å². The quantitative estimate of drug-likeness (QED) is 0.481. The lowest BCUT2D eigenvalue weighted by atomic mass is 9.76. The van der Waals surface area contributed by atoms with E-state index in [1.165, 1.54) is 24.0 Å². The highest BCUT2D eigenvalue weighted by atomic mass is 16.6. The second-order valence-electron chi connectivity index (χ2n) is 10.7. The van der Waals surface area contributed by atoms with E-state index in [2.05, 4.69) is 84.7 Å². The van der Waals surface area contributed by atoms with Crippen LogP contribution in [0, 0.1) is 11.8 Å². The fourth-order valence-electron chi connectivity index (χ4n) is 5.02. The Hall–Kier alpha value is -2.33. The van der Waals surface area contributed by atoms with Gasteiger partial charge in [0.05, 0.1) is 0 Å². The van der Waals surface area contributed by atoms with Crippen LogP contribution in [0.5, 0.6) is 0 Å². The molecule has 3 rings (SSSR count). The van der Waals surface area contributed by atoms with Crippen molar-refractivity contribution in [3.63, 3.8) is 0 Å². The maximum atomic E-state index is 12.2. The lowest BCUT2D eigenvalue weighted by molar-refractivity contribution is 0.0467. The number of hydrogen-bond acceptors (Lipinski definition) is 3. The number of nitrogens with zero attached hydrogens (tertiary/aromatic N) is 1. The van der Waals surface area contributed by atoms with Crippen LogP contribution in [-0.2, 0) is 17.8 Å². The van der Waals surface area contributed by atoms with Gasteiger partial charge in [0.25, 0.3) is 0 Å². The van der Waals surface area contributed by atoms with E-state index in [1.807, 2.05) is 20.8 Å². The van der Waals surface area contributed by atoms with Gasteiger partial charge in [-0.2, -0.15) is 0 Å². The Morgan fingerprint density at radius 1 is 0.879 bits per heavy atom. The molecule has 0 heterocycles. The van der Waals surface area contributed by atoms with E-state index in [0.29, 0.717) is 17.9 Å². The standard InChI is InChI=1S/C29H42N2O2/c1-22(30-28(32)33-29(3,4)5)26-16-18-27(19-17-26)23(2)31(20-24-12-8-6-9-13-24)21-25-14-10-7-11-15-25/h6-15,22-23,26-27H,16-21H2,1-5H3,(H,30,32)/t22?,23-,26?,27?/m0/s1. The average molecular weight is 451 g/mol. The molecule has 1 aliphatic carbocycles. The smallest absolute Gasteiger partial charge is 0.407 e. The van der Waals surface area contributed by atoms with Crippen molar-refractivity contribution >= 4 is 6.09 Å². The second kappa shape index (κ2) is 11.7. The lowest BCUT2D eigenvalue weighted by Gasteiger charge is -2.40. The first-order chi connectivity index (χ1) is 15.7. The minimum Gasteiger partial charge on any atom is -0.444 e. The fourth-order valence-corrected chi connectivity index (χ4v) is 5.02. The molecule has 0 aromatic heterocycles. The summed E-state index contributed by atoms with van der Waals surface area (Å²) in [5.41, 5.74) is 2.27. The third kappa shape index (κ3) is 8.19. The molecule has 2 atom stereocenters. The molecule has 1 unspecified atom stereocenters. The molecule has 2 aromatic carbocycles. The second-order valence-corrected chi connectivity index (χ2v) is 10.7. The van der Waals surface area contributed by atoms with Gasteiger partial charge in [0.2, 0.25) is 0 Å². The van der Waals surface area contributed by atoms with Gasteiger partial charge in [-0.3, -0.25) is 4.90 Å². The largest absolute Gasteiger partial charge is 0.444 e. The molecule has 180 valence electrons. The summed E-state index contributed by atoms with van der Waals surface area (Å²) in [6, 6.07) is 22.2. The van der Waals surface area contributed by atoms with Crippen molar-refractivity contribution in [2.75, 3.05) is 0 Å². The molecular weight excluding hydrogens is 408 g/mol. The molecule has 1 fully saturated rings. The van der Waals surface area contributed by atoms with Crippen molar-refractivity contribution in [1.82, 2.24) is 10.2 Å². The number of hydrogen-bond donors (Lipinski definition) is 1. The van der Waals surface area contributed by atoms with Gasteiger partial charge in [0.15, 0.2) is 0 Å². The SMILES string of the molecule is CC(NC(=O)OC(C)(C)C)C1CCC([C@H](C)N(Cc2ccccc2)Cc2ccccc2)CC1. The van der Waals surface area contributed by atoms with Crippen molar-refractivity contribution in [2.24, 2.45) is 11.8 Å². The van der Waals surface area contributed by atoms with Crippen molar-refractivity contribution in [3.05, 3.63) is 71.8 Å². The highest BCUT2D eigenvalue weighted by molar-refractivity contribution is 5.68. The first-order valence-electron chi connectivity index (χ1n) is 12.5.